The maximum atomic E-state index is 11.5. The molecular formula is C12H19NO2. The zero-order valence-electron chi connectivity index (χ0n) is 9.32. The number of hydrogen-bond acceptors (Lipinski definition) is 3. The molecule has 84 valence electrons. The van der Waals surface area contributed by atoms with E-state index in [9.17, 15) is 4.79 Å². The van der Waals surface area contributed by atoms with Crippen LogP contribution >= 0.6 is 0 Å². The van der Waals surface area contributed by atoms with Crippen LogP contribution in [0.5, 0.6) is 0 Å². The normalized spacial score (nSPS) is 11.9. The van der Waals surface area contributed by atoms with Gasteiger partial charge >= 0.3 is 5.97 Å². The van der Waals surface area contributed by atoms with Crippen molar-refractivity contribution in [3.63, 3.8) is 0 Å². The van der Waals surface area contributed by atoms with E-state index < -0.39 is 0 Å². The molecule has 0 N–H and O–H groups in total. The highest BCUT2D eigenvalue weighted by atomic mass is 16.5. The second-order valence-electron chi connectivity index (χ2n) is 3.13. The number of hydrogen-bond donors (Lipinski definition) is 0. The van der Waals surface area contributed by atoms with Gasteiger partial charge in [0.2, 0.25) is 0 Å². The molecule has 3 heteroatoms. The van der Waals surface area contributed by atoms with E-state index in [1.165, 1.54) is 0 Å². The van der Waals surface area contributed by atoms with Gasteiger partial charge in [-0.2, -0.15) is 0 Å². The summed E-state index contributed by atoms with van der Waals surface area (Å²) in [5.41, 5.74) is 0. The maximum Gasteiger partial charge on any atom is 0.323 e. The molecule has 0 aromatic carbocycles. The van der Waals surface area contributed by atoms with Crippen LogP contribution in [0.15, 0.2) is 38.0 Å². The van der Waals surface area contributed by atoms with Gasteiger partial charge in [0, 0.05) is 13.1 Å². The Morgan fingerprint density at radius 1 is 1.27 bits per heavy atom. The predicted molar refractivity (Wildman–Crippen MR) is 62.6 cm³/mol. The standard InChI is InChI=1S/C12H19NO2/c1-5-8-13(9-6-2)11(4)12(14)15-10-7-3/h5-7,11H,1-3,8-10H2,4H3/t11-/m0/s1. The molecule has 0 spiro atoms. The molecule has 0 unspecified atom stereocenters. The monoisotopic (exact) mass is 209 g/mol. The first-order valence-corrected chi connectivity index (χ1v) is 4.90. The van der Waals surface area contributed by atoms with Crippen molar-refractivity contribution in [2.24, 2.45) is 0 Å². The highest BCUT2D eigenvalue weighted by Crippen LogP contribution is 2.02. The molecule has 0 aliphatic carbocycles. The van der Waals surface area contributed by atoms with Crippen LogP contribution in [-0.4, -0.2) is 36.6 Å². The van der Waals surface area contributed by atoms with Crippen LogP contribution in [0.3, 0.4) is 0 Å². The number of rotatable bonds is 8. The van der Waals surface area contributed by atoms with Crippen molar-refractivity contribution in [2.45, 2.75) is 13.0 Å². The van der Waals surface area contributed by atoms with E-state index in [0.717, 1.165) is 0 Å². The van der Waals surface area contributed by atoms with Crippen LogP contribution in [0.4, 0.5) is 0 Å². The van der Waals surface area contributed by atoms with Gasteiger partial charge in [-0.3, -0.25) is 9.69 Å². The fourth-order valence-corrected chi connectivity index (χ4v) is 1.13. The average molecular weight is 209 g/mol. The first-order valence-electron chi connectivity index (χ1n) is 4.90. The van der Waals surface area contributed by atoms with Gasteiger partial charge < -0.3 is 4.74 Å². The summed E-state index contributed by atoms with van der Waals surface area (Å²) < 4.78 is 4.96. The zero-order chi connectivity index (χ0) is 11.7. The Balaban J connectivity index is 4.25. The van der Waals surface area contributed by atoms with E-state index in [-0.39, 0.29) is 18.6 Å². The second kappa shape index (κ2) is 8.00. The third kappa shape index (κ3) is 5.18. The number of esters is 1. The molecule has 3 nitrogen and oxygen atoms in total. The van der Waals surface area contributed by atoms with Crippen LogP contribution in [0.2, 0.25) is 0 Å². The van der Waals surface area contributed by atoms with Crippen LogP contribution in [0, 0.1) is 0 Å². The summed E-state index contributed by atoms with van der Waals surface area (Å²) in [5, 5.41) is 0. The molecule has 1 atom stereocenters. The van der Waals surface area contributed by atoms with E-state index in [4.69, 9.17) is 4.74 Å². The third-order valence-electron chi connectivity index (χ3n) is 1.96. The van der Waals surface area contributed by atoms with Gasteiger partial charge in [-0.15, -0.1) is 13.2 Å². The molecule has 0 saturated heterocycles. The summed E-state index contributed by atoms with van der Waals surface area (Å²) in [6, 6.07) is -0.291. The van der Waals surface area contributed by atoms with Gasteiger partial charge in [0.1, 0.15) is 12.6 Å². The van der Waals surface area contributed by atoms with Crippen molar-refractivity contribution in [1.29, 1.82) is 0 Å². The fourth-order valence-electron chi connectivity index (χ4n) is 1.13. The Kier molecular flexibility index (Phi) is 7.28. The summed E-state index contributed by atoms with van der Waals surface area (Å²) in [5.74, 6) is -0.251. The largest absolute Gasteiger partial charge is 0.460 e. The van der Waals surface area contributed by atoms with Gasteiger partial charge in [0.15, 0.2) is 0 Å². The Hall–Kier alpha value is -1.35. The molecule has 0 radical (unpaired) electrons. The molecule has 0 aliphatic rings. The summed E-state index contributed by atoms with van der Waals surface area (Å²) >= 11 is 0. The van der Waals surface area contributed by atoms with Crippen molar-refractivity contribution < 1.29 is 9.53 Å². The Labute approximate surface area is 91.7 Å². The van der Waals surface area contributed by atoms with Gasteiger partial charge in [-0.05, 0) is 6.92 Å². The SMILES string of the molecule is C=CCOC(=O)[C@H](C)N(CC=C)CC=C. The maximum absolute atomic E-state index is 11.5. The molecule has 0 aromatic rings. The lowest BCUT2D eigenvalue weighted by molar-refractivity contribution is -0.147. The topological polar surface area (TPSA) is 29.5 Å². The van der Waals surface area contributed by atoms with Crippen molar-refractivity contribution >= 4 is 5.97 Å². The van der Waals surface area contributed by atoms with Crippen LogP contribution < -0.4 is 0 Å². The van der Waals surface area contributed by atoms with Crippen LogP contribution in [0.25, 0.3) is 0 Å². The number of carbonyl (C=O) groups excluding carboxylic acids is 1. The summed E-state index contributed by atoms with van der Waals surface area (Å²) in [6.45, 7) is 14.1. The van der Waals surface area contributed by atoms with Crippen molar-refractivity contribution in [3.8, 4) is 0 Å². The number of ether oxygens (including phenoxy) is 1. The zero-order valence-corrected chi connectivity index (χ0v) is 9.32. The highest BCUT2D eigenvalue weighted by molar-refractivity contribution is 5.75. The smallest absolute Gasteiger partial charge is 0.323 e. The lowest BCUT2D eigenvalue weighted by Crippen LogP contribution is -2.40. The minimum absolute atomic E-state index is 0.249. The lowest BCUT2D eigenvalue weighted by Gasteiger charge is -2.24. The number of carbonyl (C=O) groups is 1. The van der Waals surface area contributed by atoms with E-state index in [1.54, 1.807) is 25.2 Å². The first-order chi connectivity index (χ1) is 7.17. The minimum Gasteiger partial charge on any atom is -0.460 e. The van der Waals surface area contributed by atoms with Crippen LogP contribution in [-0.2, 0) is 9.53 Å². The predicted octanol–water partition coefficient (Wildman–Crippen LogP) is 1.78. The van der Waals surface area contributed by atoms with Crippen molar-refractivity contribution in [2.75, 3.05) is 19.7 Å². The lowest BCUT2D eigenvalue weighted by atomic mass is 10.2. The molecule has 0 saturated carbocycles. The fraction of sp³-hybridized carbons (Fsp3) is 0.417. The average Bonchev–Trinajstić information content (AvgIpc) is 2.24. The summed E-state index contributed by atoms with van der Waals surface area (Å²) in [7, 11) is 0. The Morgan fingerprint density at radius 2 is 1.80 bits per heavy atom. The molecule has 0 amide bonds. The van der Waals surface area contributed by atoms with Crippen LogP contribution in [0.1, 0.15) is 6.92 Å². The van der Waals surface area contributed by atoms with E-state index in [2.05, 4.69) is 19.7 Å². The molecule has 0 rings (SSSR count). The minimum atomic E-state index is -0.291. The summed E-state index contributed by atoms with van der Waals surface area (Å²) in [6.07, 6.45) is 5.05. The number of nitrogens with zero attached hydrogens (tertiary/aromatic N) is 1. The first kappa shape index (κ1) is 13.7. The molecule has 0 bridgehead atoms. The molecular weight excluding hydrogens is 190 g/mol. The quantitative estimate of drug-likeness (QED) is 0.451. The molecule has 0 heterocycles. The Morgan fingerprint density at radius 3 is 2.20 bits per heavy atom. The highest BCUT2D eigenvalue weighted by Gasteiger charge is 2.20. The molecule has 15 heavy (non-hydrogen) atoms. The molecule has 0 aromatic heterocycles. The van der Waals surface area contributed by atoms with E-state index in [0.29, 0.717) is 13.1 Å². The molecule has 0 aliphatic heterocycles. The van der Waals surface area contributed by atoms with Crippen molar-refractivity contribution in [3.05, 3.63) is 38.0 Å². The van der Waals surface area contributed by atoms with Crippen molar-refractivity contribution in [1.82, 2.24) is 4.90 Å². The van der Waals surface area contributed by atoms with Gasteiger partial charge in [0.05, 0.1) is 0 Å². The van der Waals surface area contributed by atoms with Gasteiger partial charge in [-0.25, -0.2) is 0 Å². The van der Waals surface area contributed by atoms with Gasteiger partial charge in [0.25, 0.3) is 0 Å². The Bertz CT molecular complexity index is 226. The second-order valence-corrected chi connectivity index (χ2v) is 3.13. The summed E-state index contributed by atoms with van der Waals surface area (Å²) in [4.78, 5) is 13.4. The third-order valence-corrected chi connectivity index (χ3v) is 1.96. The van der Waals surface area contributed by atoms with E-state index in [1.807, 2.05) is 4.90 Å². The molecule has 0 fully saturated rings. The van der Waals surface area contributed by atoms with Gasteiger partial charge in [-0.1, -0.05) is 24.8 Å². The van der Waals surface area contributed by atoms with E-state index >= 15 is 0 Å².